The summed E-state index contributed by atoms with van der Waals surface area (Å²) in [6, 6.07) is 3.98. The van der Waals surface area contributed by atoms with Crippen LogP contribution in [0.25, 0.3) is 11.3 Å². The van der Waals surface area contributed by atoms with Crippen molar-refractivity contribution in [1.82, 2.24) is 25.1 Å². The number of carbonyl (C=O) groups is 1. The number of rotatable bonds is 5. The van der Waals surface area contributed by atoms with Crippen molar-refractivity contribution in [3.05, 3.63) is 47.5 Å². The van der Waals surface area contributed by atoms with E-state index >= 15 is 0 Å². The number of piperidine rings is 1. The molecule has 3 aliphatic heterocycles. The molecule has 3 aromatic heterocycles. The molecule has 0 radical (unpaired) electrons. The number of aromatic nitrogens is 4. The maximum absolute atomic E-state index is 12.8. The summed E-state index contributed by atoms with van der Waals surface area (Å²) in [7, 11) is 0. The Morgan fingerprint density at radius 1 is 1.11 bits per heavy atom. The fourth-order valence-electron chi connectivity index (χ4n) is 5.76. The van der Waals surface area contributed by atoms with E-state index in [-0.39, 0.29) is 11.8 Å². The van der Waals surface area contributed by atoms with Gasteiger partial charge in [-0.1, -0.05) is 0 Å². The normalized spacial score (nSPS) is 19.6. The fraction of sp³-hybridized carbons (Fsp3) is 0.481. The fourth-order valence-corrected chi connectivity index (χ4v) is 5.76. The molecule has 0 bridgehead atoms. The molecule has 3 N–H and O–H groups in total. The molecule has 3 aliphatic rings. The molecule has 0 spiro atoms. The van der Waals surface area contributed by atoms with Crippen molar-refractivity contribution in [1.29, 1.82) is 0 Å². The van der Waals surface area contributed by atoms with Gasteiger partial charge in [-0.2, -0.15) is 5.10 Å². The van der Waals surface area contributed by atoms with E-state index in [2.05, 4.69) is 30.3 Å². The molecule has 1 amide bonds. The van der Waals surface area contributed by atoms with E-state index in [4.69, 9.17) is 4.98 Å². The van der Waals surface area contributed by atoms with Crippen LogP contribution in [0.15, 0.2) is 30.7 Å². The topological polar surface area (TPSA) is 108 Å². The molecular weight excluding hydrogens is 454 g/mol. The summed E-state index contributed by atoms with van der Waals surface area (Å²) in [5.74, 6) is 0.797. The van der Waals surface area contributed by atoms with Gasteiger partial charge in [0.15, 0.2) is 0 Å². The van der Waals surface area contributed by atoms with Gasteiger partial charge in [0.1, 0.15) is 5.82 Å². The molecular formula is C27H33N7O2. The minimum atomic E-state index is -0.690. The number of nitrogens with zero attached hydrogens (tertiary/aromatic N) is 5. The van der Waals surface area contributed by atoms with Crippen LogP contribution in [0.1, 0.15) is 61.1 Å². The number of hydrogen-bond acceptors (Lipinski definition) is 7. The Labute approximate surface area is 210 Å². The lowest BCUT2D eigenvalue weighted by Gasteiger charge is -2.39. The Balaban J connectivity index is 1.25. The van der Waals surface area contributed by atoms with Crippen LogP contribution in [0.5, 0.6) is 0 Å². The Hall–Kier alpha value is -3.46. The molecule has 36 heavy (non-hydrogen) atoms. The Kier molecular flexibility index (Phi) is 5.67. The van der Waals surface area contributed by atoms with Gasteiger partial charge in [0, 0.05) is 48.9 Å². The number of anilines is 3. The van der Waals surface area contributed by atoms with Crippen LogP contribution < -0.4 is 15.5 Å². The minimum absolute atomic E-state index is 0.0974. The largest absolute Gasteiger partial charge is 0.390 e. The second kappa shape index (κ2) is 8.89. The van der Waals surface area contributed by atoms with Crippen molar-refractivity contribution in [2.45, 2.75) is 64.6 Å². The van der Waals surface area contributed by atoms with E-state index in [0.717, 1.165) is 74.2 Å². The number of nitrogens with one attached hydrogen (secondary N) is 2. The van der Waals surface area contributed by atoms with Crippen LogP contribution in [0, 0.1) is 5.92 Å². The second-order valence-corrected chi connectivity index (χ2v) is 10.7. The van der Waals surface area contributed by atoms with Gasteiger partial charge in [0.2, 0.25) is 0 Å². The lowest BCUT2D eigenvalue weighted by Crippen LogP contribution is -2.44. The van der Waals surface area contributed by atoms with Gasteiger partial charge in [-0.15, -0.1) is 0 Å². The first kappa shape index (κ1) is 23.0. The number of carbonyl (C=O) groups excluding carboxylic acids is 1. The van der Waals surface area contributed by atoms with Gasteiger partial charge in [0.05, 0.1) is 46.8 Å². The first-order chi connectivity index (χ1) is 17.4. The van der Waals surface area contributed by atoms with Crippen LogP contribution in [0.4, 0.5) is 17.2 Å². The molecule has 3 aromatic rings. The lowest BCUT2D eigenvalue weighted by atomic mass is 9.84. The Morgan fingerprint density at radius 2 is 2.00 bits per heavy atom. The quantitative estimate of drug-likeness (QED) is 0.504. The maximum Gasteiger partial charge on any atom is 0.254 e. The third-order valence-corrected chi connectivity index (χ3v) is 7.87. The van der Waals surface area contributed by atoms with E-state index < -0.39 is 5.60 Å². The minimum Gasteiger partial charge on any atom is -0.390 e. The van der Waals surface area contributed by atoms with E-state index in [1.54, 1.807) is 6.20 Å². The van der Waals surface area contributed by atoms with Gasteiger partial charge in [-0.05, 0) is 58.1 Å². The Bertz CT molecular complexity index is 1290. The zero-order chi connectivity index (χ0) is 24.9. The SMILES string of the molecule is CC(C)(O)C1CCCN(c2ccc(Nc3cnc(-c4cnn5c4CCCC5)c4c3C(=O)NC4)nc2)C1. The predicted octanol–water partition coefficient (Wildman–Crippen LogP) is 3.65. The average Bonchev–Trinajstić information content (AvgIpc) is 3.49. The molecule has 0 aromatic carbocycles. The molecule has 0 saturated carbocycles. The zero-order valence-corrected chi connectivity index (χ0v) is 20.9. The first-order valence-corrected chi connectivity index (χ1v) is 12.9. The van der Waals surface area contributed by atoms with Gasteiger partial charge in [-0.25, -0.2) is 4.98 Å². The molecule has 1 saturated heterocycles. The summed E-state index contributed by atoms with van der Waals surface area (Å²) < 4.78 is 2.07. The number of hydrogen-bond donors (Lipinski definition) is 3. The van der Waals surface area contributed by atoms with Gasteiger partial charge in [0.25, 0.3) is 5.91 Å². The highest BCUT2D eigenvalue weighted by atomic mass is 16.3. The highest BCUT2D eigenvalue weighted by Crippen LogP contribution is 2.36. The summed E-state index contributed by atoms with van der Waals surface area (Å²) >= 11 is 0. The van der Waals surface area contributed by atoms with Crippen LogP contribution in [-0.2, 0) is 19.5 Å². The number of amides is 1. The van der Waals surface area contributed by atoms with Crippen molar-refractivity contribution in [3.8, 4) is 11.3 Å². The molecule has 188 valence electrons. The summed E-state index contributed by atoms with van der Waals surface area (Å²) in [5, 5.41) is 21.3. The maximum atomic E-state index is 12.8. The number of aliphatic hydroxyl groups is 1. The van der Waals surface area contributed by atoms with Crippen molar-refractivity contribution in [2.24, 2.45) is 5.92 Å². The number of pyridine rings is 2. The summed E-state index contributed by atoms with van der Waals surface area (Å²) in [5.41, 5.74) is 5.62. The smallest absolute Gasteiger partial charge is 0.254 e. The summed E-state index contributed by atoms with van der Waals surface area (Å²) in [4.78, 5) is 24.5. The molecule has 9 heteroatoms. The van der Waals surface area contributed by atoms with Crippen molar-refractivity contribution >= 4 is 23.1 Å². The molecule has 6 heterocycles. The van der Waals surface area contributed by atoms with Crippen molar-refractivity contribution in [3.63, 3.8) is 0 Å². The number of aryl methyl sites for hydroxylation is 1. The molecule has 6 rings (SSSR count). The predicted molar refractivity (Wildman–Crippen MR) is 138 cm³/mol. The third-order valence-electron chi connectivity index (χ3n) is 7.87. The van der Waals surface area contributed by atoms with Crippen molar-refractivity contribution in [2.75, 3.05) is 23.3 Å². The molecule has 1 atom stereocenters. The monoisotopic (exact) mass is 487 g/mol. The zero-order valence-electron chi connectivity index (χ0n) is 20.9. The molecule has 1 fully saturated rings. The molecule has 0 aliphatic carbocycles. The van der Waals surface area contributed by atoms with Gasteiger partial charge < -0.3 is 20.6 Å². The van der Waals surface area contributed by atoms with E-state index in [9.17, 15) is 9.90 Å². The van der Waals surface area contributed by atoms with Crippen LogP contribution in [-0.4, -0.2) is 49.5 Å². The van der Waals surface area contributed by atoms with Crippen molar-refractivity contribution < 1.29 is 9.90 Å². The highest BCUT2D eigenvalue weighted by Gasteiger charge is 2.32. The molecule has 1 unspecified atom stereocenters. The highest BCUT2D eigenvalue weighted by molar-refractivity contribution is 6.05. The van der Waals surface area contributed by atoms with Crippen LogP contribution >= 0.6 is 0 Å². The van der Waals surface area contributed by atoms with Crippen LogP contribution in [0.2, 0.25) is 0 Å². The lowest BCUT2D eigenvalue weighted by molar-refractivity contribution is 0.0110. The van der Waals surface area contributed by atoms with Gasteiger partial charge >= 0.3 is 0 Å². The van der Waals surface area contributed by atoms with Gasteiger partial charge in [-0.3, -0.25) is 14.5 Å². The Morgan fingerprint density at radius 3 is 2.81 bits per heavy atom. The summed E-state index contributed by atoms with van der Waals surface area (Å²) in [6.07, 6.45) is 10.8. The average molecular weight is 488 g/mol. The third kappa shape index (κ3) is 4.11. The summed E-state index contributed by atoms with van der Waals surface area (Å²) in [6.45, 7) is 6.95. The first-order valence-electron chi connectivity index (χ1n) is 12.9. The standard InChI is InChI=1S/C27H33N7O2/c1-27(2,36)17-6-5-10-33(16-17)18-8-9-23(28-12-18)32-21-15-29-25(20-13-30-26(35)24(20)21)19-14-31-34-11-4-3-7-22(19)34/h8-9,12,14-15,17,36H,3-7,10-11,13,16H2,1-2H3,(H,28,32)(H,30,35). The second-order valence-electron chi connectivity index (χ2n) is 10.7. The van der Waals surface area contributed by atoms with E-state index in [1.165, 1.54) is 5.69 Å². The van der Waals surface area contributed by atoms with E-state index in [1.807, 2.05) is 38.4 Å². The van der Waals surface area contributed by atoms with E-state index in [0.29, 0.717) is 23.6 Å². The number of fused-ring (bicyclic) bond motifs is 2. The molecule has 9 nitrogen and oxygen atoms in total. The van der Waals surface area contributed by atoms with Crippen LogP contribution in [0.3, 0.4) is 0 Å².